The Labute approximate surface area is 116 Å². The summed E-state index contributed by atoms with van der Waals surface area (Å²) in [6.45, 7) is 8.69. The van der Waals surface area contributed by atoms with Crippen molar-refractivity contribution in [2.75, 3.05) is 13.1 Å². The number of nitrogens with two attached hydrogens (primary N) is 1. The summed E-state index contributed by atoms with van der Waals surface area (Å²) in [6, 6.07) is 0. The van der Waals surface area contributed by atoms with Gasteiger partial charge in [-0.25, -0.2) is 4.98 Å². The van der Waals surface area contributed by atoms with Crippen molar-refractivity contribution in [1.82, 2.24) is 14.5 Å². The van der Waals surface area contributed by atoms with Crippen LogP contribution in [0.4, 0.5) is 0 Å². The van der Waals surface area contributed by atoms with Crippen LogP contribution in [0.5, 0.6) is 0 Å². The number of rotatable bonds is 2. The van der Waals surface area contributed by atoms with E-state index in [1.165, 1.54) is 25.1 Å². The molecule has 4 heteroatoms. The van der Waals surface area contributed by atoms with Crippen LogP contribution < -0.4 is 5.73 Å². The van der Waals surface area contributed by atoms with Gasteiger partial charge in [-0.3, -0.25) is 4.90 Å². The summed E-state index contributed by atoms with van der Waals surface area (Å²) in [6.07, 6.45) is 7.92. The molecule has 1 aliphatic heterocycles. The zero-order valence-electron chi connectivity index (χ0n) is 12.2. The van der Waals surface area contributed by atoms with Crippen LogP contribution in [0.15, 0.2) is 12.4 Å². The van der Waals surface area contributed by atoms with Gasteiger partial charge >= 0.3 is 0 Å². The standard InChI is InChI=1S/C15H26N4/c1-12-4-3-5-15(11-16,13(12)2)19-9-8-18-7-6-17-14(18)10-19/h6-7,12-13H,3-5,8-11,16H2,1-2H3. The van der Waals surface area contributed by atoms with E-state index < -0.39 is 0 Å². The van der Waals surface area contributed by atoms with E-state index in [1.807, 2.05) is 6.20 Å². The van der Waals surface area contributed by atoms with Crippen LogP contribution in [-0.4, -0.2) is 33.1 Å². The smallest absolute Gasteiger partial charge is 0.122 e. The molecule has 3 atom stereocenters. The fraction of sp³-hybridized carbons (Fsp3) is 0.800. The van der Waals surface area contributed by atoms with Crippen LogP contribution in [0, 0.1) is 11.8 Å². The maximum Gasteiger partial charge on any atom is 0.122 e. The van der Waals surface area contributed by atoms with Gasteiger partial charge in [-0.2, -0.15) is 0 Å². The molecule has 0 spiro atoms. The van der Waals surface area contributed by atoms with Crippen LogP contribution in [0.2, 0.25) is 0 Å². The quantitative estimate of drug-likeness (QED) is 0.885. The Morgan fingerprint density at radius 3 is 3.05 bits per heavy atom. The van der Waals surface area contributed by atoms with Crippen LogP contribution >= 0.6 is 0 Å². The summed E-state index contributed by atoms with van der Waals surface area (Å²) in [5, 5.41) is 0. The normalized spacial score (nSPS) is 36.2. The maximum absolute atomic E-state index is 6.25. The second kappa shape index (κ2) is 4.91. The molecule has 2 aliphatic rings. The molecule has 0 radical (unpaired) electrons. The molecular weight excluding hydrogens is 236 g/mol. The second-order valence-corrected chi connectivity index (χ2v) is 6.42. The summed E-state index contributed by atoms with van der Waals surface area (Å²) in [4.78, 5) is 7.11. The van der Waals surface area contributed by atoms with Gasteiger partial charge in [0.15, 0.2) is 0 Å². The summed E-state index contributed by atoms with van der Waals surface area (Å²) < 4.78 is 2.28. The Balaban J connectivity index is 1.86. The van der Waals surface area contributed by atoms with Gasteiger partial charge in [-0.15, -0.1) is 0 Å². The highest BCUT2D eigenvalue weighted by Crippen LogP contribution is 2.42. The van der Waals surface area contributed by atoms with Crippen molar-refractivity contribution in [2.45, 2.75) is 51.7 Å². The molecule has 106 valence electrons. The lowest BCUT2D eigenvalue weighted by Crippen LogP contribution is -2.62. The van der Waals surface area contributed by atoms with Crippen LogP contribution in [-0.2, 0) is 13.1 Å². The van der Waals surface area contributed by atoms with Crippen molar-refractivity contribution in [3.8, 4) is 0 Å². The SMILES string of the molecule is CC1CCCC(CN)(N2CCn3ccnc3C2)C1C. The molecule has 1 fully saturated rings. The average Bonchev–Trinajstić information content (AvgIpc) is 2.89. The predicted octanol–water partition coefficient (Wildman–Crippen LogP) is 1.85. The van der Waals surface area contributed by atoms with Gasteiger partial charge in [0.05, 0.1) is 6.54 Å². The Kier molecular flexibility index (Phi) is 3.39. The van der Waals surface area contributed by atoms with Crippen molar-refractivity contribution in [3.05, 3.63) is 18.2 Å². The second-order valence-electron chi connectivity index (χ2n) is 6.42. The Morgan fingerprint density at radius 1 is 1.42 bits per heavy atom. The summed E-state index contributed by atoms with van der Waals surface area (Å²) in [5.74, 6) is 2.65. The predicted molar refractivity (Wildman–Crippen MR) is 76.6 cm³/mol. The largest absolute Gasteiger partial charge is 0.333 e. The molecular formula is C15H26N4. The number of imidazole rings is 1. The van der Waals surface area contributed by atoms with Gasteiger partial charge in [0.1, 0.15) is 5.82 Å². The van der Waals surface area contributed by atoms with E-state index in [0.29, 0.717) is 5.92 Å². The first-order valence-electron chi connectivity index (χ1n) is 7.62. The van der Waals surface area contributed by atoms with Gasteiger partial charge < -0.3 is 10.3 Å². The molecule has 0 amide bonds. The molecule has 1 aliphatic carbocycles. The molecule has 1 aromatic heterocycles. The number of aromatic nitrogens is 2. The molecule has 1 saturated carbocycles. The molecule has 2 heterocycles. The van der Waals surface area contributed by atoms with E-state index in [-0.39, 0.29) is 5.54 Å². The first kappa shape index (κ1) is 13.1. The number of hydrogen-bond donors (Lipinski definition) is 1. The molecule has 3 unspecified atom stereocenters. The number of nitrogens with zero attached hydrogens (tertiary/aromatic N) is 3. The van der Waals surface area contributed by atoms with Crippen molar-refractivity contribution < 1.29 is 0 Å². The van der Waals surface area contributed by atoms with Gasteiger partial charge in [0.25, 0.3) is 0 Å². The van der Waals surface area contributed by atoms with E-state index in [2.05, 4.69) is 34.5 Å². The minimum atomic E-state index is 0.189. The highest BCUT2D eigenvalue weighted by molar-refractivity contribution is 5.05. The first-order chi connectivity index (χ1) is 9.17. The third-order valence-electron chi connectivity index (χ3n) is 5.70. The van der Waals surface area contributed by atoms with Crippen molar-refractivity contribution in [1.29, 1.82) is 0 Å². The Morgan fingerprint density at radius 2 is 2.26 bits per heavy atom. The zero-order chi connectivity index (χ0) is 13.5. The lowest BCUT2D eigenvalue weighted by molar-refractivity contribution is -0.0279. The molecule has 1 aromatic rings. The summed E-state index contributed by atoms with van der Waals surface area (Å²) >= 11 is 0. The van der Waals surface area contributed by atoms with Crippen molar-refractivity contribution >= 4 is 0 Å². The minimum absolute atomic E-state index is 0.189. The minimum Gasteiger partial charge on any atom is -0.333 e. The molecule has 0 aromatic carbocycles. The van der Waals surface area contributed by atoms with Gasteiger partial charge in [-0.1, -0.05) is 26.7 Å². The highest BCUT2D eigenvalue weighted by atomic mass is 15.3. The third-order valence-corrected chi connectivity index (χ3v) is 5.70. The average molecular weight is 262 g/mol. The lowest BCUT2D eigenvalue weighted by Gasteiger charge is -2.53. The first-order valence-corrected chi connectivity index (χ1v) is 7.62. The Hall–Kier alpha value is -0.870. The number of fused-ring (bicyclic) bond motifs is 1. The molecule has 0 saturated heterocycles. The molecule has 0 bridgehead atoms. The fourth-order valence-electron chi connectivity index (χ4n) is 4.15. The van der Waals surface area contributed by atoms with E-state index in [9.17, 15) is 0 Å². The van der Waals surface area contributed by atoms with E-state index in [0.717, 1.165) is 32.1 Å². The maximum atomic E-state index is 6.25. The fourth-order valence-corrected chi connectivity index (χ4v) is 4.15. The van der Waals surface area contributed by atoms with Crippen molar-refractivity contribution in [3.63, 3.8) is 0 Å². The highest BCUT2D eigenvalue weighted by Gasteiger charge is 2.45. The van der Waals surface area contributed by atoms with E-state index >= 15 is 0 Å². The lowest BCUT2D eigenvalue weighted by atomic mass is 9.67. The molecule has 4 nitrogen and oxygen atoms in total. The van der Waals surface area contributed by atoms with E-state index in [4.69, 9.17) is 5.73 Å². The topological polar surface area (TPSA) is 47.1 Å². The van der Waals surface area contributed by atoms with Crippen molar-refractivity contribution in [2.24, 2.45) is 17.6 Å². The summed E-state index contributed by atoms with van der Waals surface area (Å²) in [7, 11) is 0. The van der Waals surface area contributed by atoms with Gasteiger partial charge in [0, 0.05) is 37.6 Å². The third kappa shape index (κ3) is 2.01. The monoisotopic (exact) mass is 262 g/mol. The zero-order valence-corrected chi connectivity index (χ0v) is 12.2. The van der Waals surface area contributed by atoms with Gasteiger partial charge in [0.2, 0.25) is 0 Å². The number of hydrogen-bond acceptors (Lipinski definition) is 3. The molecule has 2 N–H and O–H groups in total. The van der Waals surface area contributed by atoms with Crippen LogP contribution in [0.25, 0.3) is 0 Å². The molecule has 19 heavy (non-hydrogen) atoms. The van der Waals surface area contributed by atoms with Gasteiger partial charge in [-0.05, 0) is 18.3 Å². The van der Waals surface area contributed by atoms with Crippen LogP contribution in [0.3, 0.4) is 0 Å². The molecule has 3 rings (SSSR count). The summed E-state index contributed by atoms with van der Waals surface area (Å²) in [5.41, 5.74) is 6.44. The van der Waals surface area contributed by atoms with E-state index in [1.54, 1.807) is 0 Å². The Bertz CT molecular complexity index is 441. The van der Waals surface area contributed by atoms with Crippen LogP contribution in [0.1, 0.15) is 38.9 Å².